The Balaban J connectivity index is 2.19. The lowest BCUT2D eigenvalue weighted by atomic mass is 10.0. The molecular formula is C16H25N3OS. The first-order valence-corrected chi connectivity index (χ1v) is 8.43. The fraction of sp³-hybridized carbons (Fsp3) is 0.562. The van der Waals surface area contributed by atoms with Crippen LogP contribution in [0.2, 0.25) is 0 Å². The van der Waals surface area contributed by atoms with E-state index in [9.17, 15) is 4.79 Å². The van der Waals surface area contributed by atoms with Crippen LogP contribution in [0.3, 0.4) is 0 Å². The molecule has 0 bridgehead atoms. The number of anilines is 2. The first-order valence-electron chi connectivity index (χ1n) is 7.45. The molecule has 1 aromatic rings. The van der Waals surface area contributed by atoms with Gasteiger partial charge in [0, 0.05) is 28.4 Å². The van der Waals surface area contributed by atoms with Gasteiger partial charge in [-0.3, -0.25) is 4.79 Å². The second kappa shape index (κ2) is 6.18. The monoisotopic (exact) mass is 307 g/mol. The summed E-state index contributed by atoms with van der Waals surface area (Å²) in [6.07, 6.45) is 0.908. The molecule has 21 heavy (non-hydrogen) atoms. The van der Waals surface area contributed by atoms with Crippen molar-refractivity contribution < 1.29 is 4.79 Å². The summed E-state index contributed by atoms with van der Waals surface area (Å²) in [6.45, 7) is 9.01. The summed E-state index contributed by atoms with van der Waals surface area (Å²) in [5.74, 6) is 1.06. The lowest BCUT2D eigenvalue weighted by Gasteiger charge is -2.37. The highest BCUT2D eigenvalue weighted by Gasteiger charge is 2.29. The van der Waals surface area contributed by atoms with E-state index in [1.807, 2.05) is 36.9 Å². The zero-order valence-corrected chi connectivity index (χ0v) is 14.1. The van der Waals surface area contributed by atoms with Gasteiger partial charge in [0.1, 0.15) is 6.04 Å². The maximum absolute atomic E-state index is 12.5. The van der Waals surface area contributed by atoms with Gasteiger partial charge in [-0.15, -0.1) is 11.8 Å². The third-order valence-electron chi connectivity index (χ3n) is 4.07. The lowest BCUT2D eigenvalue weighted by Crippen LogP contribution is -2.53. The average Bonchev–Trinajstić information content (AvgIpc) is 2.45. The Kier molecular flexibility index (Phi) is 4.71. The Morgan fingerprint density at radius 2 is 2.24 bits per heavy atom. The largest absolute Gasteiger partial charge is 0.399 e. The highest BCUT2D eigenvalue weighted by Crippen LogP contribution is 2.37. The molecule has 1 aliphatic rings. The molecule has 0 saturated carbocycles. The molecule has 1 unspecified atom stereocenters. The van der Waals surface area contributed by atoms with Crippen molar-refractivity contribution in [3.05, 3.63) is 18.2 Å². The predicted octanol–water partition coefficient (Wildman–Crippen LogP) is 2.87. The topological polar surface area (TPSA) is 58.4 Å². The molecule has 116 valence electrons. The van der Waals surface area contributed by atoms with Crippen LogP contribution >= 0.6 is 11.8 Å². The third-order valence-corrected chi connectivity index (χ3v) is 5.12. The van der Waals surface area contributed by atoms with Gasteiger partial charge >= 0.3 is 0 Å². The van der Waals surface area contributed by atoms with E-state index in [-0.39, 0.29) is 17.5 Å². The smallest absolute Gasteiger partial charge is 0.242 e. The summed E-state index contributed by atoms with van der Waals surface area (Å²) in [7, 11) is 0. The molecule has 4 nitrogen and oxygen atoms in total. The molecule has 2 rings (SSSR count). The SMILES string of the molecule is CCC(C)(C)NC(=O)C(C)N1CCSc2ccc(N)cc21. The minimum Gasteiger partial charge on any atom is -0.399 e. The molecule has 1 aliphatic heterocycles. The first-order chi connectivity index (χ1) is 9.84. The van der Waals surface area contributed by atoms with Crippen LogP contribution < -0.4 is 16.0 Å². The Morgan fingerprint density at radius 1 is 1.52 bits per heavy atom. The molecule has 1 heterocycles. The fourth-order valence-electron chi connectivity index (χ4n) is 2.33. The minimum atomic E-state index is -0.197. The summed E-state index contributed by atoms with van der Waals surface area (Å²) < 4.78 is 0. The highest BCUT2D eigenvalue weighted by molar-refractivity contribution is 7.99. The Bertz CT molecular complexity index is 530. The van der Waals surface area contributed by atoms with Gasteiger partial charge in [0.05, 0.1) is 5.69 Å². The highest BCUT2D eigenvalue weighted by atomic mass is 32.2. The number of rotatable bonds is 4. The van der Waals surface area contributed by atoms with E-state index in [0.29, 0.717) is 0 Å². The molecule has 1 amide bonds. The summed E-state index contributed by atoms with van der Waals surface area (Å²) in [5, 5.41) is 3.13. The van der Waals surface area contributed by atoms with E-state index >= 15 is 0 Å². The number of nitrogens with one attached hydrogen (secondary N) is 1. The quantitative estimate of drug-likeness (QED) is 0.840. The Hall–Kier alpha value is -1.36. The van der Waals surface area contributed by atoms with E-state index in [0.717, 1.165) is 30.1 Å². The number of fused-ring (bicyclic) bond motifs is 1. The van der Waals surface area contributed by atoms with E-state index in [2.05, 4.69) is 31.0 Å². The molecule has 0 aromatic heterocycles. The molecule has 0 spiro atoms. The number of thioether (sulfide) groups is 1. The summed E-state index contributed by atoms with van der Waals surface area (Å²) in [4.78, 5) is 15.9. The van der Waals surface area contributed by atoms with Crippen LogP contribution in [0.15, 0.2) is 23.1 Å². The molecular weight excluding hydrogens is 282 g/mol. The van der Waals surface area contributed by atoms with Crippen molar-refractivity contribution >= 4 is 29.0 Å². The van der Waals surface area contributed by atoms with Crippen molar-refractivity contribution in [1.29, 1.82) is 0 Å². The van der Waals surface area contributed by atoms with E-state index < -0.39 is 0 Å². The number of carbonyl (C=O) groups excluding carboxylic acids is 1. The molecule has 3 N–H and O–H groups in total. The predicted molar refractivity (Wildman–Crippen MR) is 90.9 cm³/mol. The maximum atomic E-state index is 12.5. The fourth-order valence-corrected chi connectivity index (χ4v) is 3.32. The van der Waals surface area contributed by atoms with Crippen LogP contribution in [-0.2, 0) is 4.79 Å². The van der Waals surface area contributed by atoms with Crippen molar-refractivity contribution in [1.82, 2.24) is 5.32 Å². The van der Waals surface area contributed by atoms with Gasteiger partial charge in [-0.1, -0.05) is 6.92 Å². The second-order valence-electron chi connectivity index (χ2n) is 6.17. The number of nitrogens with zero attached hydrogens (tertiary/aromatic N) is 1. The zero-order chi connectivity index (χ0) is 15.6. The normalized spacial score (nSPS) is 16.3. The third kappa shape index (κ3) is 3.64. The molecule has 0 fully saturated rings. The summed E-state index contributed by atoms with van der Waals surface area (Å²) in [6, 6.07) is 5.73. The number of benzene rings is 1. The van der Waals surface area contributed by atoms with E-state index in [4.69, 9.17) is 5.73 Å². The zero-order valence-electron chi connectivity index (χ0n) is 13.3. The van der Waals surface area contributed by atoms with Gasteiger partial charge in [-0.25, -0.2) is 0 Å². The van der Waals surface area contributed by atoms with Crippen LogP contribution in [0.4, 0.5) is 11.4 Å². The van der Waals surface area contributed by atoms with Crippen molar-refractivity contribution in [2.24, 2.45) is 0 Å². The van der Waals surface area contributed by atoms with Gasteiger partial charge in [0.25, 0.3) is 0 Å². The van der Waals surface area contributed by atoms with Crippen molar-refractivity contribution in [2.45, 2.75) is 50.6 Å². The van der Waals surface area contributed by atoms with E-state index in [1.54, 1.807) is 0 Å². The van der Waals surface area contributed by atoms with Crippen molar-refractivity contribution in [3.8, 4) is 0 Å². The molecule has 5 heteroatoms. The minimum absolute atomic E-state index is 0.0714. The maximum Gasteiger partial charge on any atom is 0.242 e. The average molecular weight is 307 g/mol. The van der Waals surface area contributed by atoms with Gasteiger partial charge in [-0.05, 0) is 45.4 Å². The number of hydrogen-bond acceptors (Lipinski definition) is 4. The van der Waals surface area contributed by atoms with Crippen LogP contribution in [0.25, 0.3) is 0 Å². The van der Waals surface area contributed by atoms with Crippen LogP contribution in [0, 0.1) is 0 Å². The number of amides is 1. The summed E-state index contributed by atoms with van der Waals surface area (Å²) >= 11 is 1.82. The molecule has 0 saturated heterocycles. The van der Waals surface area contributed by atoms with Gasteiger partial charge in [-0.2, -0.15) is 0 Å². The number of nitrogen functional groups attached to an aromatic ring is 1. The Morgan fingerprint density at radius 3 is 2.90 bits per heavy atom. The van der Waals surface area contributed by atoms with Gasteiger partial charge in [0.2, 0.25) is 5.91 Å². The van der Waals surface area contributed by atoms with Gasteiger partial charge < -0.3 is 16.0 Å². The molecule has 0 aliphatic carbocycles. The van der Waals surface area contributed by atoms with Crippen LogP contribution in [0.1, 0.15) is 34.1 Å². The molecule has 1 aromatic carbocycles. The van der Waals surface area contributed by atoms with Gasteiger partial charge in [0.15, 0.2) is 0 Å². The van der Waals surface area contributed by atoms with E-state index in [1.165, 1.54) is 4.90 Å². The summed E-state index contributed by atoms with van der Waals surface area (Å²) in [5.41, 5.74) is 7.55. The first kappa shape index (κ1) is 16.0. The lowest BCUT2D eigenvalue weighted by molar-refractivity contribution is -0.123. The van der Waals surface area contributed by atoms with Crippen molar-refractivity contribution in [3.63, 3.8) is 0 Å². The Labute approximate surface area is 131 Å². The van der Waals surface area contributed by atoms with Crippen molar-refractivity contribution in [2.75, 3.05) is 22.9 Å². The number of carbonyl (C=O) groups is 1. The second-order valence-corrected chi connectivity index (χ2v) is 7.31. The number of hydrogen-bond donors (Lipinski definition) is 2. The van der Waals surface area contributed by atoms with Crippen LogP contribution in [-0.4, -0.2) is 29.8 Å². The number of nitrogens with two attached hydrogens (primary N) is 1. The van der Waals surface area contributed by atoms with Crippen LogP contribution in [0.5, 0.6) is 0 Å². The molecule has 0 radical (unpaired) electrons. The standard InChI is InChI=1S/C16H25N3OS/c1-5-16(3,4)18-15(20)11(2)19-8-9-21-14-7-6-12(17)10-13(14)19/h6-7,10-11H,5,8-9,17H2,1-4H3,(H,18,20). The molecule has 1 atom stereocenters.